The molecule has 0 aromatic heterocycles. The van der Waals surface area contributed by atoms with Crippen molar-refractivity contribution in [3.63, 3.8) is 0 Å². The number of hydrogen-bond donors (Lipinski definition) is 0. The van der Waals surface area contributed by atoms with E-state index in [1.54, 1.807) is 5.57 Å². The molecular weight excluding hydrogens is 180 g/mol. The van der Waals surface area contributed by atoms with Crippen LogP contribution >= 0.6 is 0 Å². The molecule has 0 aliphatic heterocycles. The fourth-order valence-electron chi connectivity index (χ4n) is 2.17. The second-order valence-corrected chi connectivity index (χ2v) is 5.44. The van der Waals surface area contributed by atoms with Crippen molar-refractivity contribution in [2.24, 2.45) is 17.8 Å². The lowest BCUT2D eigenvalue weighted by Crippen LogP contribution is -2.07. The van der Waals surface area contributed by atoms with Gasteiger partial charge >= 0.3 is 0 Å². The Morgan fingerprint density at radius 1 is 1.20 bits per heavy atom. The zero-order valence-electron chi connectivity index (χ0n) is 10.8. The first-order valence-electron chi connectivity index (χ1n) is 6.43. The van der Waals surface area contributed by atoms with Gasteiger partial charge in [-0.15, -0.1) is 0 Å². The van der Waals surface area contributed by atoms with Gasteiger partial charge in [0.2, 0.25) is 0 Å². The van der Waals surface area contributed by atoms with E-state index in [4.69, 9.17) is 0 Å². The molecule has 0 N–H and O–H groups in total. The van der Waals surface area contributed by atoms with Crippen molar-refractivity contribution in [2.75, 3.05) is 0 Å². The van der Waals surface area contributed by atoms with Crippen LogP contribution in [0, 0.1) is 17.8 Å². The van der Waals surface area contributed by atoms with Crippen LogP contribution in [0.2, 0.25) is 0 Å². The summed E-state index contributed by atoms with van der Waals surface area (Å²) >= 11 is 0. The summed E-state index contributed by atoms with van der Waals surface area (Å²) in [6.45, 7) is 9.29. The van der Waals surface area contributed by atoms with E-state index in [1.807, 2.05) is 0 Å². The minimum absolute atomic E-state index is 0.744. The molecule has 1 rings (SSSR count). The Morgan fingerprint density at radius 2 is 1.93 bits per heavy atom. The Balaban J connectivity index is 2.66. The minimum atomic E-state index is 0.744. The monoisotopic (exact) mass is 206 g/mol. The van der Waals surface area contributed by atoms with E-state index in [2.05, 4.69) is 45.9 Å². The third-order valence-electron chi connectivity index (χ3n) is 3.53. The summed E-state index contributed by atoms with van der Waals surface area (Å²) in [5, 5.41) is 0. The summed E-state index contributed by atoms with van der Waals surface area (Å²) in [6.07, 6.45) is 12.5. The first-order valence-corrected chi connectivity index (χ1v) is 6.43. The molecule has 0 saturated carbocycles. The molecule has 0 fully saturated rings. The van der Waals surface area contributed by atoms with Crippen LogP contribution in [0.3, 0.4) is 0 Å². The van der Waals surface area contributed by atoms with Crippen LogP contribution in [-0.4, -0.2) is 0 Å². The van der Waals surface area contributed by atoms with Crippen molar-refractivity contribution in [1.29, 1.82) is 0 Å². The van der Waals surface area contributed by atoms with E-state index in [0.29, 0.717) is 0 Å². The molecule has 0 saturated heterocycles. The molecule has 2 unspecified atom stereocenters. The van der Waals surface area contributed by atoms with Gasteiger partial charge in [0, 0.05) is 0 Å². The Hall–Kier alpha value is -0.520. The highest BCUT2D eigenvalue weighted by Gasteiger charge is 2.11. The van der Waals surface area contributed by atoms with Crippen molar-refractivity contribution in [1.82, 2.24) is 0 Å². The Kier molecular flexibility index (Phi) is 5.14. The molecule has 0 amide bonds. The molecule has 1 aliphatic carbocycles. The van der Waals surface area contributed by atoms with E-state index >= 15 is 0 Å². The molecule has 0 bridgehead atoms. The highest BCUT2D eigenvalue weighted by atomic mass is 14.2. The quantitative estimate of drug-likeness (QED) is 0.531. The van der Waals surface area contributed by atoms with E-state index in [9.17, 15) is 0 Å². The Morgan fingerprint density at radius 3 is 2.60 bits per heavy atom. The average Bonchev–Trinajstić information content (AvgIpc) is 2.16. The fraction of sp³-hybridized carbons (Fsp3) is 0.733. The molecule has 0 aromatic rings. The lowest BCUT2D eigenvalue weighted by atomic mass is 9.87. The molecule has 15 heavy (non-hydrogen) atoms. The highest BCUT2D eigenvalue weighted by Crippen LogP contribution is 2.24. The van der Waals surface area contributed by atoms with Crippen LogP contribution in [0.5, 0.6) is 0 Å². The number of hydrogen-bond acceptors (Lipinski definition) is 0. The van der Waals surface area contributed by atoms with Crippen LogP contribution in [0.25, 0.3) is 0 Å². The summed E-state index contributed by atoms with van der Waals surface area (Å²) in [4.78, 5) is 0. The molecule has 86 valence electrons. The van der Waals surface area contributed by atoms with Crippen molar-refractivity contribution >= 4 is 0 Å². The van der Waals surface area contributed by atoms with Gasteiger partial charge in [0.15, 0.2) is 0 Å². The predicted molar refractivity (Wildman–Crippen MR) is 68.9 cm³/mol. The van der Waals surface area contributed by atoms with Gasteiger partial charge in [0.25, 0.3) is 0 Å². The molecule has 0 aromatic carbocycles. The van der Waals surface area contributed by atoms with Gasteiger partial charge in [0.1, 0.15) is 0 Å². The molecule has 0 spiro atoms. The summed E-state index contributed by atoms with van der Waals surface area (Å²) in [5.41, 5.74) is 1.59. The third kappa shape index (κ3) is 4.68. The summed E-state index contributed by atoms with van der Waals surface area (Å²) in [7, 11) is 0. The smallest absolute Gasteiger partial charge is 0.0207 e. The SMILES string of the molecule is CC1=CCCC(C)C=CC(C(C)C)CC1. The van der Waals surface area contributed by atoms with Crippen LogP contribution in [0.15, 0.2) is 23.8 Å². The van der Waals surface area contributed by atoms with E-state index in [-0.39, 0.29) is 0 Å². The van der Waals surface area contributed by atoms with Crippen molar-refractivity contribution in [3.8, 4) is 0 Å². The van der Waals surface area contributed by atoms with Crippen molar-refractivity contribution in [3.05, 3.63) is 23.8 Å². The standard InChI is InChI=1S/C15H26/c1-12(2)15-10-8-13(3)6-5-7-14(4)9-11-15/h6,9,11-12,14-15H,5,7-8,10H2,1-4H3. The zero-order chi connectivity index (χ0) is 11.3. The third-order valence-corrected chi connectivity index (χ3v) is 3.53. The predicted octanol–water partition coefficient (Wildman–Crippen LogP) is 4.97. The average molecular weight is 206 g/mol. The lowest BCUT2D eigenvalue weighted by molar-refractivity contribution is 0.431. The van der Waals surface area contributed by atoms with E-state index in [0.717, 1.165) is 17.8 Å². The Bertz CT molecular complexity index is 232. The van der Waals surface area contributed by atoms with Gasteiger partial charge in [-0.05, 0) is 50.4 Å². The molecule has 0 heteroatoms. The van der Waals surface area contributed by atoms with Gasteiger partial charge in [-0.1, -0.05) is 44.6 Å². The molecule has 1 aliphatic rings. The van der Waals surface area contributed by atoms with Crippen LogP contribution < -0.4 is 0 Å². The largest absolute Gasteiger partial charge is 0.0856 e. The van der Waals surface area contributed by atoms with Crippen LogP contribution in [-0.2, 0) is 0 Å². The van der Waals surface area contributed by atoms with Crippen molar-refractivity contribution < 1.29 is 0 Å². The zero-order valence-corrected chi connectivity index (χ0v) is 10.8. The maximum absolute atomic E-state index is 2.47. The van der Waals surface area contributed by atoms with Gasteiger partial charge < -0.3 is 0 Å². The normalized spacial score (nSPS) is 29.0. The second kappa shape index (κ2) is 6.15. The molecule has 0 radical (unpaired) electrons. The lowest BCUT2D eigenvalue weighted by Gasteiger charge is -2.19. The summed E-state index contributed by atoms with van der Waals surface area (Å²) in [5.74, 6) is 2.29. The van der Waals surface area contributed by atoms with E-state index in [1.165, 1.54) is 25.7 Å². The Labute approximate surface area is 95.5 Å². The fourth-order valence-corrected chi connectivity index (χ4v) is 2.17. The van der Waals surface area contributed by atoms with Gasteiger partial charge in [-0.3, -0.25) is 0 Å². The summed E-state index contributed by atoms with van der Waals surface area (Å²) in [6, 6.07) is 0. The number of rotatable bonds is 1. The van der Waals surface area contributed by atoms with Crippen LogP contribution in [0.1, 0.15) is 53.4 Å². The van der Waals surface area contributed by atoms with Gasteiger partial charge in [-0.2, -0.15) is 0 Å². The highest BCUT2D eigenvalue weighted by molar-refractivity contribution is 5.02. The van der Waals surface area contributed by atoms with Crippen molar-refractivity contribution in [2.45, 2.75) is 53.4 Å². The van der Waals surface area contributed by atoms with Gasteiger partial charge in [-0.25, -0.2) is 0 Å². The molecule has 2 atom stereocenters. The van der Waals surface area contributed by atoms with E-state index < -0.39 is 0 Å². The summed E-state index contributed by atoms with van der Waals surface area (Å²) < 4.78 is 0. The second-order valence-electron chi connectivity index (χ2n) is 5.44. The maximum Gasteiger partial charge on any atom is -0.0207 e. The molecule has 0 nitrogen and oxygen atoms in total. The first-order chi connectivity index (χ1) is 7.09. The minimum Gasteiger partial charge on any atom is -0.0856 e. The maximum atomic E-state index is 2.47. The van der Waals surface area contributed by atoms with Gasteiger partial charge in [0.05, 0.1) is 0 Å². The first kappa shape index (κ1) is 12.5. The molecule has 0 heterocycles. The topological polar surface area (TPSA) is 0 Å². The van der Waals surface area contributed by atoms with Crippen LogP contribution in [0.4, 0.5) is 0 Å². The number of allylic oxidation sites excluding steroid dienone is 4. The molecular formula is C15H26.